The number of halogens is 1. The molecule has 0 aliphatic heterocycles. The van der Waals surface area contributed by atoms with E-state index in [4.69, 9.17) is 16.3 Å². The second-order valence-corrected chi connectivity index (χ2v) is 10.4. The van der Waals surface area contributed by atoms with E-state index in [1.54, 1.807) is 30.7 Å². The van der Waals surface area contributed by atoms with Crippen LogP contribution in [0.15, 0.2) is 72.5 Å². The number of ether oxygens (including phenoxy) is 1. The van der Waals surface area contributed by atoms with Crippen LogP contribution in [0.4, 0.5) is 11.4 Å². The molecule has 2 N–H and O–H groups in total. The number of thiophene rings is 1. The Labute approximate surface area is 205 Å². The Hall–Kier alpha value is -3.47. The zero-order chi connectivity index (χ0) is 24.1. The molecule has 3 heterocycles. The molecule has 0 aliphatic rings. The van der Waals surface area contributed by atoms with E-state index in [0.29, 0.717) is 28.6 Å². The molecule has 1 amide bonds. The summed E-state index contributed by atoms with van der Waals surface area (Å²) in [5.74, 6) is 0.222. The lowest BCUT2D eigenvalue weighted by Gasteiger charge is -2.10. The average molecular weight is 515 g/mol. The molecule has 0 saturated heterocycles. The van der Waals surface area contributed by atoms with Crippen molar-refractivity contribution >= 4 is 50.2 Å². The van der Waals surface area contributed by atoms with Crippen molar-refractivity contribution in [3.63, 3.8) is 0 Å². The Kier molecular flexibility index (Phi) is 7.11. The van der Waals surface area contributed by atoms with E-state index in [2.05, 4.69) is 20.0 Å². The van der Waals surface area contributed by atoms with Gasteiger partial charge in [0.25, 0.3) is 5.91 Å². The molecule has 0 atom stereocenters. The van der Waals surface area contributed by atoms with Crippen LogP contribution in [0.5, 0.6) is 5.75 Å². The number of amides is 1. The number of anilines is 2. The highest BCUT2D eigenvalue weighted by atomic mass is 35.5. The summed E-state index contributed by atoms with van der Waals surface area (Å²) in [4.78, 5) is 21.8. The number of carbonyl (C=O) groups excluding carboxylic acids is 1. The molecule has 0 spiro atoms. The Morgan fingerprint density at radius 2 is 1.91 bits per heavy atom. The normalized spacial score (nSPS) is 11.1. The molecule has 11 heteroatoms. The number of nitrogens with one attached hydrogen (secondary N) is 2. The topological polar surface area (TPSA) is 110 Å². The van der Waals surface area contributed by atoms with Gasteiger partial charge in [0.1, 0.15) is 18.1 Å². The molecule has 0 saturated carbocycles. The van der Waals surface area contributed by atoms with Crippen molar-refractivity contribution in [2.24, 2.45) is 0 Å². The van der Waals surface area contributed by atoms with Crippen molar-refractivity contribution in [2.75, 3.05) is 16.3 Å². The van der Waals surface area contributed by atoms with Gasteiger partial charge in [-0.25, -0.2) is 8.42 Å². The average Bonchev–Trinajstić information content (AvgIpc) is 3.27. The summed E-state index contributed by atoms with van der Waals surface area (Å²) in [6.07, 6.45) is 6.12. The van der Waals surface area contributed by atoms with Gasteiger partial charge in [0.05, 0.1) is 16.8 Å². The number of benzene rings is 1. The van der Waals surface area contributed by atoms with E-state index in [1.165, 1.54) is 29.5 Å². The smallest absolute Gasteiger partial charge is 0.265 e. The van der Waals surface area contributed by atoms with Gasteiger partial charge in [0.15, 0.2) is 0 Å². The molecule has 34 heavy (non-hydrogen) atoms. The summed E-state index contributed by atoms with van der Waals surface area (Å²) in [6, 6.07) is 13.6. The summed E-state index contributed by atoms with van der Waals surface area (Å²) in [5, 5.41) is 4.84. The van der Waals surface area contributed by atoms with Gasteiger partial charge < -0.3 is 10.1 Å². The molecule has 3 aromatic heterocycles. The minimum Gasteiger partial charge on any atom is -0.487 e. The van der Waals surface area contributed by atoms with Gasteiger partial charge in [-0.1, -0.05) is 17.7 Å². The zero-order valence-electron chi connectivity index (χ0n) is 17.9. The zero-order valence-corrected chi connectivity index (χ0v) is 20.2. The first-order valence-electron chi connectivity index (χ1n) is 9.92. The van der Waals surface area contributed by atoms with Crippen molar-refractivity contribution in [3.8, 4) is 17.0 Å². The second kappa shape index (κ2) is 10.2. The monoisotopic (exact) mass is 514 g/mol. The van der Waals surface area contributed by atoms with Gasteiger partial charge in [-0.15, -0.1) is 11.3 Å². The summed E-state index contributed by atoms with van der Waals surface area (Å²) >= 11 is 7.33. The molecular weight excluding hydrogens is 496 g/mol. The highest BCUT2D eigenvalue weighted by Gasteiger charge is 2.15. The number of aromatic nitrogens is 2. The van der Waals surface area contributed by atoms with E-state index in [9.17, 15) is 13.2 Å². The summed E-state index contributed by atoms with van der Waals surface area (Å²) in [5.41, 5.74) is 2.89. The number of sulfonamides is 1. The molecule has 1 aromatic carbocycles. The molecule has 0 radical (unpaired) electrons. The third kappa shape index (κ3) is 6.31. The fraction of sp³-hybridized carbons (Fsp3) is 0.0870. The van der Waals surface area contributed by atoms with Gasteiger partial charge >= 0.3 is 0 Å². The maximum atomic E-state index is 12.8. The third-order valence-electron chi connectivity index (χ3n) is 4.44. The van der Waals surface area contributed by atoms with E-state index >= 15 is 0 Å². The van der Waals surface area contributed by atoms with Crippen LogP contribution in [-0.2, 0) is 16.6 Å². The van der Waals surface area contributed by atoms with Crippen LogP contribution in [0.25, 0.3) is 11.3 Å². The Bertz CT molecular complexity index is 1430. The highest BCUT2D eigenvalue weighted by Crippen LogP contribution is 2.32. The predicted octanol–water partition coefficient (Wildman–Crippen LogP) is 5.06. The largest absolute Gasteiger partial charge is 0.487 e. The number of rotatable bonds is 8. The first-order chi connectivity index (χ1) is 16.3. The maximum Gasteiger partial charge on any atom is 0.265 e. The highest BCUT2D eigenvalue weighted by molar-refractivity contribution is 7.92. The molecule has 0 fully saturated rings. The molecule has 8 nitrogen and oxygen atoms in total. The van der Waals surface area contributed by atoms with Crippen LogP contribution in [0.1, 0.15) is 15.2 Å². The van der Waals surface area contributed by atoms with Crippen LogP contribution in [0, 0.1) is 0 Å². The van der Waals surface area contributed by atoms with Crippen LogP contribution >= 0.6 is 22.9 Å². The minimum atomic E-state index is -3.49. The van der Waals surface area contributed by atoms with Crippen LogP contribution in [0.2, 0.25) is 5.02 Å². The maximum absolute atomic E-state index is 12.8. The Morgan fingerprint density at radius 1 is 1.12 bits per heavy atom. The summed E-state index contributed by atoms with van der Waals surface area (Å²) in [7, 11) is -3.49. The van der Waals surface area contributed by atoms with E-state index in [1.807, 2.05) is 23.6 Å². The number of nitrogens with zero attached hydrogens (tertiary/aromatic N) is 2. The summed E-state index contributed by atoms with van der Waals surface area (Å²) < 4.78 is 31.3. The molecular formula is C23H19ClN4O4S2. The first kappa shape index (κ1) is 23.7. The van der Waals surface area contributed by atoms with E-state index < -0.39 is 10.0 Å². The van der Waals surface area contributed by atoms with Crippen molar-refractivity contribution < 1.29 is 17.9 Å². The number of hydrogen-bond donors (Lipinski definition) is 2. The Balaban J connectivity index is 1.50. The van der Waals surface area contributed by atoms with Crippen molar-refractivity contribution in [2.45, 2.75) is 6.61 Å². The predicted molar refractivity (Wildman–Crippen MR) is 134 cm³/mol. The van der Waals surface area contributed by atoms with Crippen LogP contribution < -0.4 is 14.8 Å². The van der Waals surface area contributed by atoms with E-state index in [-0.39, 0.29) is 16.6 Å². The fourth-order valence-corrected chi connectivity index (χ4v) is 4.64. The number of hydrogen-bond acceptors (Lipinski definition) is 7. The fourth-order valence-electron chi connectivity index (χ4n) is 3.08. The quantitative estimate of drug-likeness (QED) is 0.340. The number of pyridine rings is 2. The molecule has 0 aliphatic carbocycles. The van der Waals surface area contributed by atoms with Gasteiger partial charge in [0, 0.05) is 45.8 Å². The lowest BCUT2D eigenvalue weighted by atomic mass is 10.2. The van der Waals surface area contributed by atoms with Crippen molar-refractivity contribution in [3.05, 3.63) is 88.0 Å². The minimum absolute atomic E-state index is 0.251. The lowest BCUT2D eigenvalue weighted by molar-refractivity contribution is 0.103. The summed E-state index contributed by atoms with van der Waals surface area (Å²) in [6.45, 7) is 0.336. The molecule has 174 valence electrons. The first-order valence-corrected chi connectivity index (χ1v) is 13.1. The van der Waals surface area contributed by atoms with Crippen LogP contribution in [0.3, 0.4) is 0 Å². The SMILES string of the molecule is CS(=O)(=O)Nc1cc(Cl)cc(NC(=O)c2cc(-c3ncccc3OCc3cccnc3)cs2)c1. The van der Waals surface area contributed by atoms with Gasteiger partial charge in [-0.05, 0) is 42.5 Å². The van der Waals surface area contributed by atoms with Crippen LogP contribution in [-0.4, -0.2) is 30.5 Å². The van der Waals surface area contributed by atoms with Gasteiger partial charge in [-0.3, -0.25) is 19.5 Å². The molecule has 4 aromatic rings. The van der Waals surface area contributed by atoms with Crippen molar-refractivity contribution in [1.29, 1.82) is 0 Å². The van der Waals surface area contributed by atoms with Gasteiger partial charge in [-0.2, -0.15) is 0 Å². The molecule has 0 bridgehead atoms. The third-order valence-corrected chi connectivity index (χ3v) is 6.20. The van der Waals surface area contributed by atoms with Crippen molar-refractivity contribution in [1.82, 2.24) is 9.97 Å². The lowest BCUT2D eigenvalue weighted by Crippen LogP contribution is -2.12. The van der Waals surface area contributed by atoms with E-state index in [0.717, 1.165) is 17.4 Å². The Morgan fingerprint density at radius 3 is 2.68 bits per heavy atom. The second-order valence-electron chi connectivity index (χ2n) is 7.26. The number of carbonyl (C=O) groups is 1. The standard InChI is InChI=1S/C23H19ClN4O4S2/c1-34(30,31)28-19-10-17(24)9-18(11-19)27-23(29)21-8-16(14-33-21)22-20(5-3-7-26-22)32-13-15-4-2-6-25-12-15/h2-12,14,28H,13H2,1H3,(H,27,29). The molecule has 4 rings (SSSR count). The van der Waals surface area contributed by atoms with Gasteiger partial charge in [0.2, 0.25) is 10.0 Å². The molecule has 0 unspecified atom stereocenters.